The molecular formula is C15H16N2O4. The van der Waals surface area contributed by atoms with Gasteiger partial charge in [-0.25, -0.2) is 4.79 Å². The van der Waals surface area contributed by atoms with Crippen LogP contribution < -0.4 is 0 Å². The van der Waals surface area contributed by atoms with E-state index >= 15 is 0 Å². The highest BCUT2D eigenvalue weighted by molar-refractivity contribution is 5.90. The molecule has 0 saturated heterocycles. The zero-order valence-corrected chi connectivity index (χ0v) is 12.0. The highest BCUT2D eigenvalue weighted by atomic mass is 16.6. The number of nitrogens with zero attached hydrogens (tertiary/aromatic N) is 2. The van der Waals surface area contributed by atoms with E-state index in [9.17, 15) is 20.0 Å². The molecule has 21 heavy (non-hydrogen) atoms. The Morgan fingerprint density at radius 3 is 2.62 bits per heavy atom. The Bertz CT molecular complexity index is 676. The van der Waals surface area contributed by atoms with Gasteiger partial charge in [-0.2, -0.15) is 0 Å². The quantitative estimate of drug-likeness (QED) is 0.683. The number of hydrogen-bond donors (Lipinski definition) is 1. The first kappa shape index (κ1) is 14.8. The van der Waals surface area contributed by atoms with Crippen LogP contribution in [0.3, 0.4) is 0 Å². The van der Waals surface area contributed by atoms with E-state index in [2.05, 4.69) is 0 Å². The molecule has 0 bridgehead atoms. The van der Waals surface area contributed by atoms with E-state index in [1.54, 1.807) is 31.0 Å². The Morgan fingerprint density at radius 2 is 2.05 bits per heavy atom. The van der Waals surface area contributed by atoms with E-state index < -0.39 is 16.8 Å². The number of benzene rings is 1. The Kier molecular flexibility index (Phi) is 3.80. The first-order valence-corrected chi connectivity index (χ1v) is 6.43. The zero-order chi connectivity index (χ0) is 15.7. The van der Waals surface area contributed by atoms with Crippen molar-refractivity contribution in [1.82, 2.24) is 4.90 Å². The first-order chi connectivity index (χ1) is 9.82. The predicted octanol–water partition coefficient (Wildman–Crippen LogP) is 2.89. The molecule has 1 N–H and O–H groups in total. The highest BCUT2D eigenvalue weighted by Crippen LogP contribution is 2.36. The summed E-state index contributed by atoms with van der Waals surface area (Å²) in [6.07, 6.45) is 1.81. The van der Waals surface area contributed by atoms with Crippen LogP contribution in [0, 0.1) is 10.1 Å². The van der Waals surface area contributed by atoms with Crippen LogP contribution in [0.1, 0.15) is 25.3 Å². The van der Waals surface area contributed by atoms with Crippen molar-refractivity contribution in [3.05, 3.63) is 63.0 Å². The number of nitro groups is 1. The third-order valence-corrected chi connectivity index (χ3v) is 3.81. The molecule has 0 spiro atoms. The summed E-state index contributed by atoms with van der Waals surface area (Å²) in [4.78, 5) is 23.8. The molecular weight excluding hydrogens is 272 g/mol. The molecule has 0 fully saturated rings. The third-order valence-electron chi connectivity index (χ3n) is 3.81. The van der Waals surface area contributed by atoms with Gasteiger partial charge in [-0.1, -0.05) is 18.2 Å². The lowest BCUT2D eigenvalue weighted by Crippen LogP contribution is -2.26. The van der Waals surface area contributed by atoms with Crippen LogP contribution in [-0.2, 0) is 4.79 Å². The van der Waals surface area contributed by atoms with Crippen molar-refractivity contribution in [1.29, 1.82) is 0 Å². The molecule has 6 heteroatoms. The average Bonchev–Trinajstić information content (AvgIpc) is 2.44. The van der Waals surface area contributed by atoms with Gasteiger partial charge in [-0.3, -0.25) is 10.1 Å². The number of rotatable bonds is 3. The van der Waals surface area contributed by atoms with Gasteiger partial charge in [0.15, 0.2) is 0 Å². The Labute approximate surface area is 122 Å². The van der Waals surface area contributed by atoms with Gasteiger partial charge in [0.25, 0.3) is 5.69 Å². The normalized spacial score (nSPS) is 18.5. The minimum absolute atomic E-state index is 0.0418. The standard InChI is InChI=1S/C15H16N2O4/c1-9-7-13(14(15(18)19)10(2)16(9)3)11-5-4-6-12(8-11)17(20)21/h4-8,13H,1-3H3,(H,18,19). The van der Waals surface area contributed by atoms with Crippen LogP contribution in [0.25, 0.3) is 0 Å². The Balaban J connectivity index is 2.57. The molecule has 0 amide bonds. The number of non-ortho nitro benzene ring substituents is 1. The molecule has 110 valence electrons. The topological polar surface area (TPSA) is 83.7 Å². The van der Waals surface area contributed by atoms with Crippen LogP contribution in [0.15, 0.2) is 47.3 Å². The molecule has 1 aromatic carbocycles. The van der Waals surface area contributed by atoms with Crippen LogP contribution in [0.4, 0.5) is 5.69 Å². The van der Waals surface area contributed by atoms with Crippen molar-refractivity contribution < 1.29 is 14.8 Å². The van der Waals surface area contributed by atoms with Crippen LogP contribution in [0.5, 0.6) is 0 Å². The molecule has 1 aliphatic heterocycles. The second-order valence-electron chi connectivity index (χ2n) is 5.00. The largest absolute Gasteiger partial charge is 0.478 e. The van der Waals surface area contributed by atoms with Crippen molar-refractivity contribution in [2.75, 3.05) is 7.05 Å². The number of carboxylic acid groups (broad SMARTS) is 1. The number of nitro benzene ring substituents is 1. The maximum absolute atomic E-state index is 11.6. The van der Waals surface area contributed by atoms with E-state index in [-0.39, 0.29) is 11.3 Å². The third kappa shape index (κ3) is 2.65. The Morgan fingerprint density at radius 1 is 1.38 bits per heavy atom. The summed E-state index contributed by atoms with van der Waals surface area (Å²) in [6.45, 7) is 3.62. The molecule has 0 saturated carbocycles. The summed E-state index contributed by atoms with van der Waals surface area (Å²) < 4.78 is 0. The lowest BCUT2D eigenvalue weighted by molar-refractivity contribution is -0.384. The summed E-state index contributed by atoms with van der Waals surface area (Å²) in [5, 5.41) is 20.4. The molecule has 2 rings (SSSR count). The van der Waals surface area contributed by atoms with E-state index in [0.29, 0.717) is 11.3 Å². The summed E-state index contributed by atoms with van der Waals surface area (Å²) >= 11 is 0. The SMILES string of the molecule is CC1=CC(c2cccc([N+](=O)[O-])c2)C(C(=O)O)=C(C)N1C. The fourth-order valence-electron chi connectivity index (χ4n) is 2.49. The average molecular weight is 288 g/mol. The molecule has 1 aliphatic rings. The number of allylic oxidation sites excluding steroid dienone is 3. The summed E-state index contributed by atoms with van der Waals surface area (Å²) in [7, 11) is 1.80. The maximum atomic E-state index is 11.6. The highest BCUT2D eigenvalue weighted by Gasteiger charge is 2.29. The molecule has 0 radical (unpaired) electrons. The lowest BCUT2D eigenvalue weighted by Gasteiger charge is -2.31. The summed E-state index contributed by atoms with van der Waals surface area (Å²) in [6, 6.07) is 6.11. The molecule has 0 aromatic heterocycles. The number of aliphatic carboxylic acids is 1. The molecule has 1 unspecified atom stereocenters. The predicted molar refractivity (Wildman–Crippen MR) is 77.7 cm³/mol. The van der Waals surface area contributed by atoms with E-state index in [1.807, 2.05) is 13.0 Å². The van der Waals surface area contributed by atoms with Gasteiger partial charge in [0.2, 0.25) is 0 Å². The van der Waals surface area contributed by atoms with E-state index in [4.69, 9.17) is 0 Å². The fraction of sp³-hybridized carbons (Fsp3) is 0.267. The monoisotopic (exact) mass is 288 g/mol. The van der Waals surface area contributed by atoms with Crippen LogP contribution >= 0.6 is 0 Å². The lowest BCUT2D eigenvalue weighted by atomic mass is 9.86. The zero-order valence-electron chi connectivity index (χ0n) is 12.0. The number of carbonyl (C=O) groups is 1. The van der Waals surface area contributed by atoms with Gasteiger partial charge in [0.05, 0.1) is 10.5 Å². The van der Waals surface area contributed by atoms with Crippen molar-refractivity contribution >= 4 is 11.7 Å². The smallest absolute Gasteiger partial charge is 0.334 e. The Hall–Kier alpha value is -2.63. The van der Waals surface area contributed by atoms with Crippen LogP contribution in [0.2, 0.25) is 0 Å². The first-order valence-electron chi connectivity index (χ1n) is 6.43. The number of hydrogen-bond acceptors (Lipinski definition) is 4. The molecule has 1 atom stereocenters. The van der Waals surface area contributed by atoms with Gasteiger partial charge < -0.3 is 10.0 Å². The van der Waals surface area contributed by atoms with Gasteiger partial charge in [0, 0.05) is 36.5 Å². The van der Waals surface area contributed by atoms with Crippen molar-refractivity contribution in [2.24, 2.45) is 0 Å². The summed E-state index contributed by atoms with van der Waals surface area (Å²) in [5.41, 5.74) is 2.35. The van der Waals surface area contributed by atoms with Gasteiger partial charge in [0.1, 0.15) is 0 Å². The van der Waals surface area contributed by atoms with Crippen molar-refractivity contribution in [2.45, 2.75) is 19.8 Å². The molecule has 0 aliphatic carbocycles. The van der Waals surface area contributed by atoms with E-state index in [1.165, 1.54) is 12.1 Å². The maximum Gasteiger partial charge on any atom is 0.334 e. The minimum Gasteiger partial charge on any atom is -0.478 e. The summed E-state index contributed by atoms with van der Waals surface area (Å²) in [5.74, 6) is -1.50. The van der Waals surface area contributed by atoms with E-state index in [0.717, 1.165) is 5.70 Å². The second-order valence-corrected chi connectivity index (χ2v) is 5.00. The fourth-order valence-corrected chi connectivity index (χ4v) is 2.49. The van der Waals surface area contributed by atoms with Crippen LogP contribution in [-0.4, -0.2) is 27.9 Å². The second kappa shape index (κ2) is 5.40. The number of carboxylic acids is 1. The van der Waals surface area contributed by atoms with Gasteiger partial charge in [-0.15, -0.1) is 0 Å². The van der Waals surface area contributed by atoms with Crippen molar-refractivity contribution in [3.8, 4) is 0 Å². The van der Waals surface area contributed by atoms with Gasteiger partial charge in [-0.05, 0) is 19.4 Å². The minimum atomic E-state index is -1.01. The van der Waals surface area contributed by atoms with Gasteiger partial charge >= 0.3 is 5.97 Å². The molecule has 1 aromatic rings. The molecule has 1 heterocycles. The molecule has 6 nitrogen and oxygen atoms in total. The van der Waals surface area contributed by atoms with Crippen molar-refractivity contribution in [3.63, 3.8) is 0 Å².